The lowest BCUT2D eigenvalue weighted by Gasteiger charge is -2.22. The van der Waals surface area contributed by atoms with E-state index in [4.69, 9.17) is 4.74 Å². The Bertz CT molecular complexity index is 864. The minimum absolute atomic E-state index is 0.0977. The van der Waals surface area contributed by atoms with E-state index in [9.17, 15) is 13.2 Å². The predicted octanol–water partition coefficient (Wildman–Crippen LogP) is 2.37. The number of nitrogens with zero attached hydrogens (tertiary/aromatic N) is 1. The van der Waals surface area contributed by atoms with Gasteiger partial charge in [0.25, 0.3) is 0 Å². The van der Waals surface area contributed by atoms with E-state index in [0.29, 0.717) is 19.5 Å². The number of nitrogens with one attached hydrogen (secondary N) is 1. The number of carbonyl (C=O) groups excluding carboxylic acids is 1. The van der Waals surface area contributed by atoms with E-state index in [1.807, 2.05) is 31.2 Å². The fourth-order valence-corrected chi connectivity index (χ4v) is 3.73. The molecule has 0 aromatic heterocycles. The van der Waals surface area contributed by atoms with Crippen LogP contribution in [0.2, 0.25) is 0 Å². The second kappa shape index (κ2) is 9.53. The monoisotopic (exact) mass is 390 g/mol. The summed E-state index contributed by atoms with van der Waals surface area (Å²) < 4.78 is 32.5. The highest BCUT2D eigenvalue weighted by molar-refractivity contribution is 7.89. The van der Waals surface area contributed by atoms with Crippen molar-refractivity contribution in [2.24, 2.45) is 0 Å². The Morgan fingerprint density at radius 2 is 1.74 bits per heavy atom. The normalized spacial score (nSPS) is 11.2. The van der Waals surface area contributed by atoms with Crippen molar-refractivity contribution in [2.75, 3.05) is 26.7 Å². The van der Waals surface area contributed by atoms with Gasteiger partial charge in [0, 0.05) is 26.6 Å². The number of ether oxygens (including phenoxy) is 1. The average molecular weight is 391 g/mol. The zero-order chi connectivity index (χ0) is 19.9. The molecule has 0 unspecified atom stereocenters. The number of benzene rings is 2. The lowest BCUT2D eigenvalue weighted by molar-refractivity contribution is -0.128. The molecule has 0 heterocycles. The maximum Gasteiger partial charge on any atom is 0.240 e. The van der Waals surface area contributed by atoms with E-state index in [1.165, 1.54) is 6.92 Å². The Kier molecular flexibility index (Phi) is 7.38. The molecule has 2 aromatic rings. The van der Waals surface area contributed by atoms with Crippen LogP contribution >= 0.6 is 0 Å². The van der Waals surface area contributed by atoms with Gasteiger partial charge in [0.15, 0.2) is 0 Å². The topological polar surface area (TPSA) is 75.7 Å². The molecule has 1 N–H and O–H groups in total. The zero-order valence-electron chi connectivity index (χ0n) is 15.9. The number of aryl methyl sites for hydroxylation is 1. The smallest absolute Gasteiger partial charge is 0.240 e. The van der Waals surface area contributed by atoms with Gasteiger partial charge in [-0.15, -0.1) is 0 Å². The number of methoxy groups -OCH3 is 1. The Labute approximate surface area is 161 Å². The summed E-state index contributed by atoms with van der Waals surface area (Å²) in [4.78, 5) is 13.7. The predicted molar refractivity (Wildman–Crippen MR) is 105 cm³/mol. The molecule has 0 saturated carbocycles. The fraction of sp³-hybridized carbons (Fsp3) is 0.350. The van der Waals surface area contributed by atoms with Crippen molar-refractivity contribution in [1.29, 1.82) is 0 Å². The van der Waals surface area contributed by atoms with Gasteiger partial charge < -0.3 is 9.64 Å². The third-order valence-electron chi connectivity index (χ3n) is 4.29. The van der Waals surface area contributed by atoms with Crippen LogP contribution in [0.25, 0.3) is 0 Å². The third-order valence-corrected chi connectivity index (χ3v) is 5.77. The Morgan fingerprint density at radius 3 is 2.37 bits per heavy atom. The molecule has 0 atom stereocenters. The summed E-state index contributed by atoms with van der Waals surface area (Å²) in [6.45, 7) is 4.33. The highest BCUT2D eigenvalue weighted by Crippen LogP contribution is 2.18. The molecule has 6 nitrogen and oxygen atoms in total. The first kappa shape index (κ1) is 20.9. The van der Waals surface area contributed by atoms with Crippen LogP contribution in [0.5, 0.6) is 5.75 Å². The van der Waals surface area contributed by atoms with Gasteiger partial charge in [0.1, 0.15) is 5.75 Å². The molecular formula is C20H26N2O4S. The molecule has 1 amide bonds. The van der Waals surface area contributed by atoms with Gasteiger partial charge in [-0.3, -0.25) is 4.79 Å². The molecule has 2 aromatic carbocycles. The SMILES string of the molecule is COc1ccccc1CCN(CCNS(=O)(=O)c1ccc(C)cc1)C(C)=O. The summed E-state index contributed by atoms with van der Waals surface area (Å²) in [6.07, 6.45) is 0.633. The molecule has 0 aliphatic rings. The third kappa shape index (κ3) is 6.08. The number of carbonyl (C=O) groups is 1. The van der Waals surface area contributed by atoms with Gasteiger partial charge >= 0.3 is 0 Å². The van der Waals surface area contributed by atoms with Gasteiger partial charge in [-0.1, -0.05) is 35.9 Å². The van der Waals surface area contributed by atoms with Gasteiger partial charge in [0.05, 0.1) is 12.0 Å². The van der Waals surface area contributed by atoms with Crippen LogP contribution in [-0.2, 0) is 21.2 Å². The molecule has 0 spiro atoms. The van der Waals surface area contributed by atoms with Crippen molar-refractivity contribution < 1.29 is 17.9 Å². The van der Waals surface area contributed by atoms with E-state index < -0.39 is 10.0 Å². The molecule has 0 bridgehead atoms. The summed E-state index contributed by atoms with van der Waals surface area (Å²) in [6, 6.07) is 14.3. The lowest BCUT2D eigenvalue weighted by atomic mass is 10.1. The largest absolute Gasteiger partial charge is 0.496 e. The molecule has 0 aliphatic carbocycles. The molecule has 2 rings (SSSR count). The van der Waals surface area contributed by atoms with E-state index >= 15 is 0 Å². The quantitative estimate of drug-likeness (QED) is 0.713. The number of hydrogen-bond acceptors (Lipinski definition) is 4. The van der Waals surface area contributed by atoms with Crippen LogP contribution in [0.3, 0.4) is 0 Å². The van der Waals surface area contributed by atoms with E-state index in [0.717, 1.165) is 16.9 Å². The molecule has 0 fully saturated rings. The van der Waals surface area contributed by atoms with Crippen LogP contribution in [0.15, 0.2) is 53.4 Å². The van der Waals surface area contributed by atoms with Crippen molar-refractivity contribution in [3.8, 4) is 5.75 Å². The van der Waals surface area contributed by atoms with Crippen LogP contribution in [0, 0.1) is 6.92 Å². The van der Waals surface area contributed by atoms with Gasteiger partial charge in [0.2, 0.25) is 15.9 Å². The van der Waals surface area contributed by atoms with Gasteiger partial charge in [-0.25, -0.2) is 13.1 Å². The number of para-hydroxylation sites is 1. The number of amides is 1. The van der Waals surface area contributed by atoms with E-state index in [2.05, 4.69) is 4.72 Å². The first-order valence-electron chi connectivity index (χ1n) is 8.77. The minimum atomic E-state index is -3.58. The summed E-state index contributed by atoms with van der Waals surface area (Å²) in [5.74, 6) is 0.681. The highest BCUT2D eigenvalue weighted by atomic mass is 32.2. The fourth-order valence-electron chi connectivity index (χ4n) is 2.71. The molecule has 7 heteroatoms. The van der Waals surface area contributed by atoms with Gasteiger partial charge in [-0.2, -0.15) is 0 Å². The zero-order valence-corrected chi connectivity index (χ0v) is 16.8. The van der Waals surface area contributed by atoms with Crippen molar-refractivity contribution in [1.82, 2.24) is 9.62 Å². The summed E-state index contributed by atoms with van der Waals surface area (Å²) in [5.41, 5.74) is 2.00. The Morgan fingerprint density at radius 1 is 1.07 bits per heavy atom. The van der Waals surface area contributed by atoms with E-state index in [1.54, 1.807) is 36.3 Å². The second-order valence-electron chi connectivity index (χ2n) is 6.28. The first-order valence-corrected chi connectivity index (χ1v) is 10.3. The first-order chi connectivity index (χ1) is 12.8. The van der Waals surface area contributed by atoms with Crippen molar-refractivity contribution in [2.45, 2.75) is 25.2 Å². The minimum Gasteiger partial charge on any atom is -0.496 e. The summed E-state index contributed by atoms with van der Waals surface area (Å²) in [7, 11) is -1.97. The number of sulfonamides is 1. The van der Waals surface area contributed by atoms with Gasteiger partial charge in [-0.05, 0) is 37.1 Å². The molecule has 0 radical (unpaired) electrons. The molecule has 146 valence electrons. The van der Waals surface area contributed by atoms with Crippen LogP contribution in [0.1, 0.15) is 18.1 Å². The second-order valence-corrected chi connectivity index (χ2v) is 8.05. The number of rotatable bonds is 9. The highest BCUT2D eigenvalue weighted by Gasteiger charge is 2.15. The van der Waals surface area contributed by atoms with Crippen molar-refractivity contribution in [3.63, 3.8) is 0 Å². The molecule has 27 heavy (non-hydrogen) atoms. The summed E-state index contributed by atoms with van der Waals surface area (Å²) >= 11 is 0. The Hall–Kier alpha value is -2.38. The van der Waals surface area contributed by atoms with Crippen molar-refractivity contribution in [3.05, 3.63) is 59.7 Å². The summed E-state index contributed by atoms with van der Waals surface area (Å²) in [5, 5.41) is 0. The van der Waals surface area contributed by atoms with Crippen LogP contribution in [0.4, 0.5) is 0 Å². The van der Waals surface area contributed by atoms with Crippen LogP contribution < -0.4 is 9.46 Å². The lowest BCUT2D eigenvalue weighted by Crippen LogP contribution is -2.38. The Balaban J connectivity index is 1.92. The maximum absolute atomic E-state index is 12.3. The molecule has 0 aliphatic heterocycles. The maximum atomic E-state index is 12.3. The van der Waals surface area contributed by atoms with E-state index in [-0.39, 0.29) is 17.3 Å². The average Bonchev–Trinajstić information content (AvgIpc) is 2.64. The molecule has 0 saturated heterocycles. The van der Waals surface area contributed by atoms with Crippen molar-refractivity contribution >= 4 is 15.9 Å². The molecular weight excluding hydrogens is 364 g/mol. The standard InChI is InChI=1S/C20H26N2O4S/c1-16-8-10-19(11-9-16)27(24,25)21-13-15-22(17(2)23)14-12-18-6-4-5-7-20(18)26-3/h4-11,21H,12-15H2,1-3H3. The van der Waals surface area contributed by atoms with Crippen LogP contribution in [-0.4, -0.2) is 46.0 Å². The number of hydrogen-bond donors (Lipinski definition) is 1.